The predicted octanol–water partition coefficient (Wildman–Crippen LogP) is 3.42. The van der Waals surface area contributed by atoms with Crippen LogP contribution in [-0.4, -0.2) is 4.98 Å². The molecule has 0 radical (unpaired) electrons. The van der Waals surface area contributed by atoms with Crippen molar-refractivity contribution in [3.8, 4) is 11.8 Å². The first-order valence-corrected chi connectivity index (χ1v) is 7.62. The predicted molar refractivity (Wildman–Crippen MR) is 91.8 cm³/mol. The number of rotatable bonds is 5. The number of nitrogens with zero attached hydrogens (tertiary/aromatic N) is 1. The van der Waals surface area contributed by atoms with Crippen LogP contribution in [0.5, 0.6) is 5.75 Å². The van der Waals surface area contributed by atoms with E-state index >= 15 is 0 Å². The highest BCUT2D eigenvalue weighted by Gasteiger charge is 2.10. The van der Waals surface area contributed by atoms with Crippen LogP contribution in [0.1, 0.15) is 22.3 Å². The molecule has 24 heavy (non-hydrogen) atoms. The van der Waals surface area contributed by atoms with Gasteiger partial charge in [-0.25, -0.2) is 0 Å². The summed E-state index contributed by atoms with van der Waals surface area (Å²) in [6.45, 7) is 0.407. The third-order valence-corrected chi connectivity index (χ3v) is 3.72. The summed E-state index contributed by atoms with van der Waals surface area (Å²) >= 11 is 0. The maximum Gasteiger partial charge on any atom is 0.255 e. The van der Waals surface area contributed by atoms with Gasteiger partial charge in [0.15, 0.2) is 0 Å². The fourth-order valence-corrected chi connectivity index (χ4v) is 2.43. The maximum atomic E-state index is 12.2. The number of nitrogens with one attached hydrogen (secondary N) is 1. The Morgan fingerprint density at radius 3 is 2.42 bits per heavy atom. The number of aromatic amines is 1. The number of H-pyrrole nitrogens is 1. The van der Waals surface area contributed by atoms with Crippen molar-refractivity contribution < 1.29 is 4.74 Å². The van der Waals surface area contributed by atoms with Crippen molar-refractivity contribution in [3.05, 3.63) is 99.5 Å². The summed E-state index contributed by atoms with van der Waals surface area (Å²) in [4.78, 5) is 14.9. The fourth-order valence-electron chi connectivity index (χ4n) is 2.43. The first-order chi connectivity index (χ1) is 11.8. The maximum absolute atomic E-state index is 12.2. The van der Waals surface area contributed by atoms with Crippen molar-refractivity contribution in [2.45, 2.75) is 13.0 Å². The van der Waals surface area contributed by atoms with Gasteiger partial charge in [0.05, 0.1) is 17.2 Å². The van der Waals surface area contributed by atoms with Gasteiger partial charge in [-0.1, -0.05) is 42.5 Å². The summed E-state index contributed by atoms with van der Waals surface area (Å²) in [5.74, 6) is 0.576. The van der Waals surface area contributed by atoms with Crippen molar-refractivity contribution in [1.82, 2.24) is 4.98 Å². The van der Waals surface area contributed by atoms with E-state index in [1.807, 2.05) is 42.5 Å². The Morgan fingerprint density at radius 2 is 1.71 bits per heavy atom. The SMILES string of the molecule is N#Cc1ccc(Cc2c(OCc3ccccc3)cc[nH]c2=O)cc1. The molecular weight excluding hydrogens is 300 g/mol. The van der Waals surface area contributed by atoms with E-state index < -0.39 is 0 Å². The monoisotopic (exact) mass is 316 g/mol. The molecule has 0 fully saturated rings. The summed E-state index contributed by atoms with van der Waals surface area (Å²) in [6.07, 6.45) is 2.04. The average Bonchev–Trinajstić information content (AvgIpc) is 2.63. The standard InChI is InChI=1S/C20H16N2O2/c21-13-16-8-6-15(7-9-16)12-18-19(10-11-22-20(18)23)24-14-17-4-2-1-3-5-17/h1-11H,12,14H2,(H,22,23). The third kappa shape index (κ3) is 3.71. The topological polar surface area (TPSA) is 65.9 Å². The van der Waals surface area contributed by atoms with Gasteiger partial charge >= 0.3 is 0 Å². The van der Waals surface area contributed by atoms with Gasteiger partial charge in [-0.3, -0.25) is 4.79 Å². The molecule has 118 valence electrons. The molecule has 0 atom stereocenters. The lowest BCUT2D eigenvalue weighted by Gasteiger charge is -2.11. The molecule has 0 aliphatic heterocycles. The highest BCUT2D eigenvalue weighted by Crippen LogP contribution is 2.19. The van der Waals surface area contributed by atoms with E-state index in [9.17, 15) is 4.79 Å². The van der Waals surface area contributed by atoms with Gasteiger partial charge in [-0.05, 0) is 29.3 Å². The smallest absolute Gasteiger partial charge is 0.255 e. The number of aromatic nitrogens is 1. The van der Waals surface area contributed by atoms with Gasteiger partial charge in [0.25, 0.3) is 5.56 Å². The quantitative estimate of drug-likeness (QED) is 0.784. The molecule has 0 saturated carbocycles. The van der Waals surface area contributed by atoms with Gasteiger partial charge in [-0.2, -0.15) is 5.26 Å². The van der Waals surface area contributed by atoms with Crippen molar-refractivity contribution in [2.75, 3.05) is 0 Å². The zero-order valence-corrected chi connectivity index (χ0v) is 13.0. The van der Waals surface area contributed by atoms with Crippen molar-refractivity contribution in [1.29, 1.82) is 5.26 Å². The second-order valence-electron chi connectivity index (χ2n) is 5.41. The van der Waals surface area contributed by atoms with E-state index in [0.717, 1.165) is 11.1 Å². The number of pyridine rings is 1. The highest BCUT2D eigenvalue weighted by atomic mass is 16.5. The van der Waals surface area contributed by atoms with Crippen LogP contribution in [0.15, 0.2) is 71.7 Å². The van der Waals surface area contributed by atoms with E-state index in [1.165, 1.54) is 0 Å². The summed E-state index contributed by atoms with van der Waals surface area (Å²) in [5, 5.41) is 8.86. The Balaban J connectivity index is 1.81. The van der Waals surface area contributed by atoms with E-state index in [2.05, 4.69) is 11.1 Å². The van der Waals surface area contributed by atoms with Gasteiger partial charge in [0, 0.05) is 12.6 Å². The van der Waals surface area contributed by atoms with Gasteiger partial charge in [-0.15, -0.1) is 0 Å². The molecule has 0 unspecified atom stereocenters. The van der Waals surface area contributed by atoms with E-state index in [4.69, 9.17) is 10.00 Å². The van der Waals surface area contributed by atoms with Crippen LogP contribution < -0.4 is 10.3 Å². The van der Waals surface area contributed by atoms with Crippen LogP contribution in [0.3, 0.4) is 0 Å². The van der Waals surface area contributed by atoms with Crippen molar-refractivity contribution >= 4 is 0 Å². The van der Waals surface area contributed by atoms with Crippen LogP contribution in [0.25, 0.3) is 0 Å². The van der Waals surface area contributed by atoms with E-state index in [0.29, 0.717) is 29.9 Å². The number of nitriles is 1. The second kappa shape index (κ2) is 7.30. The molecule has 3 rings (SSSR count). The highest BCUT2D eigenvalue weighted by molar-refractivity contribution is 5.38. The molecule has 0 spiro atoms. The molecule has 1 N–H and O–H groups in total. The second-order valence-corrected chi connectivity index (χ2v) is 5.41. The lowest BCUT2D eigenvalue weighted by atomic mass is 10.0. The molecule has 0 aliphatic rings. The number of benzene rings is 2. The summed E-state index contributed by atoms with van der Waals surface area (Å²) in [5.41, 5.74) is 3.02. The fraction of sp³-hybridized carbons (Fsp3) is 0.100. The number of hydrogen-bond donors (Lipinski definition) is 1. The molecule has 1 heterocycles. The lowest BCUT2D eigenvalue weighted by molar-refractivity contribution is 0.302. The molecule has 0 amide bonds. The first kappa shape index (κ1) is 15.6. The van der Waals surface area contributed by atoms with Crippen molar-refractivity contribution in [2.24, 2.45) is 0 Å². The Bertz CT molecular complexity index is 907. The minimum Gasteiger partial charge on any atom is -0.488 e. The Kier molecular flexibility index (Phi) is 4.73. The summed E-state index contributed by atoms with van der Waals surface area (Å²) in [6, 6.07) is 20.9. The third-order valence-electron chi connectivity index (χ3n) is 3.72. The Hall–Kier alpha value is -3.32. The Labute approximate surface area is 140 Å². The van der Waals surface area contributed by atoms with Crippen LogP contribution >= 0.6 is 0 Å². The molecule has 3 aromatic rings. The normalized spacial score (nSPS) is 10.1. The minimum absolute atomic E-state index is 0.162. The van der Waals surface area contributed by atoms with Gasteiger partial charge < -0.3 is 9.72 Å². The van der Waals surface area contributed by atoms with Crippen molar-refractivity contribution in [3.63, 3.8) is 0 Å². The van der Waals surface area contributed by atoms with E-state index in [-0.39, 0.29) is 5.56 Å². The summed E-state index contributed by atoms with van der Waals surface area (Å²) in [7, 11) is 0. The minimum atomic E-state index is -0.162. The van der Waals surface area contributed by atoms with E-state index in [1.54, 1.807) is 24.4 Å². The molecule has 4 nitrogen and oxygen atoms in total. The number of ether oxygens (including phenoxy) is 1. The molecule has 4 heteroatoms. The zero-order chi connectivity index (χ0) is 16.8. The largest absolute Gasteiger partial charge is 0.488 e. The average molecular weight is 316 g/mol. The number of hydrogen-bond acceptors (Lipinski definition) is 3. The van der Waals surface area contributed by atoms with Gasteiger partial charge in [0.2, 0.25) is 0 Å². The summed E-state index contributed by atoms with van der Waals surface area (Å²) < 4.78 is 5.85. The van der Waals surface area contributed by atoms with Crippen LogP contribution in [0, 0.1) is 11.3 Å². The van der Waals surface area contributed by atoms with Gasteiger partial charge in [0.1, 0.15) is 12.4 Å². The molecule has 1 aromatic heterocycles. The van der Waals surface area contributed by atoms with Crippen LogP contribution in [0.2, 0.25) is 0 Å². The molecule has 0 saturated heterocycles. The molecule has 0 bridgehead atoms. The lowest BCUT2D eigenvalue weighted by Crippen LogP contribution is -2.14. The first-order valence-electron chi connectivity index (χ1n) is 7.62. The Morgan fingerprint density at radius 1 is 0.958 bits per heavy atom. The van der Waals surface area contributed by atoms with Crippen LogP contribution in [-0.2, 0) is 13.0 Å². The zero-order valence-electron chi connectivity index (χ0n) is 13.0. The molecule has 2 aromatic carbocycles. The van der Waals surface area contributed by atoms with Crippen LogP contribution in [0.4, 0.5) is 0 Å². The molecular formula is C20H16N2O2. The molecule has 0 aliphatic carbocycles.